The number of rotatable bonds is 7. The van der Waals surface area contributed by atoms with E-state index in [0.717, 1.165) is 46.8 Å². The van der Waals surface area contributed by atoms with Gasteiger partial charge in [0.2, 0.25) is 0 Å². The first-order chi connectivity index (χ1) is 16.5. The van der Waals surface area contributed by atoms with Gasteiger partial charge in [0, 0.05) is 11.4 Å². The van der Waals surface area contributed by atoms with Crippen LogP contribution < -0.4 is 0 Å². The summed E-state index contributed by atoms with van der Waals surface area (Å²) < 4.78 is 0. The Balaban J connectivity index is 1.76. The van der Waals surface area contributed by atoms with E-state index in [1.54, 1.807) is 0 Å². The fourth-order valence-corrected chi connectivity index (χ4v) is 4.26. The summed E-state index contributed by atoms with van der Waals surface area (Å²) in [6.45, 7) is 8.52. The molecule has 4 aromatic carbocycles. The number of hydrogen-bond acceptors (Lipinski definition) is 2. The van der Waals surface area contributed by atoms with Crippen LogP contribution in [0.2, 0.25) is 0 Å². The number of aryl methyl sites for hydroxylation is 4. The predicted molar refractivity (Wildman–Crippen MR) is 146 cm³/mol. The maximum Gasteiger partial charge on any atom is 0.0691 e. The first-order valence-corrected chi connectivity index (χ1v) is 11.9. The lowest BCUT2D eigenvalue weighted by Gasteiger charge is -2.13. The Kier molecular flexibility index (Phi) is 7.49. The Morgan fingerprint density at radius 1 is 0.441 bits per heavy atom. The van der Waals surface area contributed by atoms with Gasteiger partial charge in [0.05, 0.1) is 11.4 Å². The Bertz CT molecular complexity index is 1170. The summed E-state index contributed by atoms with van der Waals surface area (Å²) in [5.74, 6) is 0. The minimum absolute atomic E-state index is 0.802. The Hall–Kier alpha value is -3.78. The number of hydrogen-bond donors (Lipinski definition) is 0. The van der Waals surface area contributed by atoms with E-state index in [9.17, 15) is 0 Å². The lowest BCUT2D eigenvalue weighted by molar-refractivity contribution is 1.12. The third-order valence-electron chi connectivity index (χ3n) is 6.19. The quantitative estimate of drug-likeness (QED) is 0.255. The number of nitrogens with zero attached hydrogens (tertiary/aromatic N) is 2. The molecule has 0 fully saturated rings. The minimum atomic E-state index is 0.802. The van der Waals surface area contributed by atoms with Gasteiger partial charge in [-0.15, -0.1) is 0 Å². The fraction of sp³-hybridized carbons (Fsp3) is 0.188. The molecule has 34 heavy (non-hydrogen) atoms. The predicted octanol–water partition coefficient (Wildman–Crippen LogP) is 8.64. The van der Waals surface area contributed by atoms with Crippen LogP contribution in [0.1, 0.15) is 46.2 Å². The molecule has 2 nitrogen and oxygen atoms in total. The average Bonchev–Trinajstić information content (AvgIpc) is 2.85. The normalized spacial score (nSPS) is 12.1. The summed E-state index contributed by atoms with van der Waals surface area (Å²) in [5, 5.41) is 0. The lowest BCUT2D eigenvalue weighted by Crippen LogP contribution is -2.08. The third kappa shape index (κ3) is 5.58. The molecule has 4 aromatic rings. The van der Waals surface area contributed by atoms with Gasteiger partial charge in [-0.2, -0.15) is 0 Å². The van der Waals surface area contributed by atoms with Crippen molar-refractivity contribution in [3.05, 3.63) is 130 Å². The highest BCUT2D eigenvalue weighted by Gasteiger charge is 2.12. The van der Waals surface area contributed by atoms with Crippen molar-refractivity contribution in [1.82, 2.24) is 0 Å². The van der Waals surface area contributed by atoms with Gasteiger partial charge in [-0.25, -0.2) is 0 Å². The molecular formula is C32H32N2. The summed E-state index contributed by atoms with van der Waals surface area (Å²) >= 11 is 0. The molecule has 0 N–H and O–H groups in total. The van der Waals surface area contributed by atoms with Crippen molar-refractivity contribution in [2.24, 2.45) is 9.98 Å². The molecule has 0 aliphatic rings. The van der Waals surface area contributed by atoms with Crippen molar-refractivity contribution in [2.75, 3.05) is 0 Å². The SMILES string of the molecule is Cc1cccc(C)c1N=C(CCC(=Nc1c(C)cccc1C)c1ccccc1)c1ccccc1. The summed E-state index contributed by atoms with van der Waals surface area (Å²) in [6.07, 6.45) is 1.60. The molecule has 0 amide bonds. The largest absolute Gasteiger partial charge is 0.252 e. The molecule has 170 valence electrons. The van der Waals surface area contributed by atoms with Crippen LogP contribution in [0.3, 0.4) is 0 Å². The van der Waals surface area contributed by atoms with Crippen LogP contribution in [0.15, 0.2) is 107 Å². The Morgan fingerprint density at radius 3 is 1.09 bits per heavy atom. The van der Waals surface area contributed by atoms with Crippen LogP contribution in [0.5, 0.6) is 0 Å². The second kappa shape index (κ2) is 10.9. The molecular weight excluding hydrogens is 412 g/mol. The molecule has 0 heterocycles. The molecule has 2 heteroatoms. The monoisotopic (exact) mass is 444 g/mol. The zero-order valence-electron chi connectivity index (χ0n) is 20.5. The highest BCUT2D eigenvalue weighted by molar-refractivity contribution is 6.08. The van der Waals surface area contributed by atoms with E-state index in [1.165, 1.54) is 22.3 Å². The van der Waals surface area contributed by atoms with Gasteiger partial charge in [-0.05, 0) is 73.9 Å². The van der Waals surface area contributed by atoms with Gasteiger partial charge >= 0.3 is 0 Å². The van der Waals surface area contributed by atoms with E-state index in [2.05, 4.69) is 125 Å². The fourth-order valence-electron chi connectivity index (χ4n) is 4.26. The van der Waals surface area contributed by atoms with E-state index in [1.807, 2.05) is 0 Å². The van der Waals surface area contributed by atoms with E-state index < -0.39 is 0 Å². The number of benzene rings is 4. The van der Waals surface area contributed by atoms with Crippen LogP contribution in [0.25, 0.3) is 0 Å². The highest BCUT2D eigenvalue weighted by atomic mass is 14.8. The van der Waals surface area contributed by atoms with Gasteiger partial charge < -0.3 is 0 Å². The van der Waals surface area contributed by atoms with Gasteiger partial charge in [-0.1, -0.05) is 97.1 Å². The average molecular weight is 445 g/mol. The number of para-hydroxylation sites is 2. The van der Waals surface area contributed by atoms with Crippen LogP contribution in [-0.4, -0.2) is 11.4 Å². The van der Waals surface area contributed by atoms with Crippen molar-refractivity contribution >= 4 is 22.8 Å². The lowest BCUT2D eigenvalue weighted by atomic mass is 9.99. The summed E-state index contributed by atoms with van der Waals surface area (Å²) in [4.78, 5) is 10.4. The van der Waals surface area contributed by atoms with Crippen LogP contribution in [0.4, 0.5) is 11.4 Å². The van der Waals surface area contributed by atoms with Crippen LogP contribution in [-0.2, 0) is 0 Å². The standard InChI is InChI=1S/C32H32N2/c1-23-13-11-14-24(2)31(23)33-29(27-17-7-5-8-18-27)21-22-30(28-19-9-6-10-20-28)34-32-25(3)15-12-16-26(32)4/h5-20H,21-22H2,1-4H3. The topological polar surface area (TPSA) is 24.7 Å². The Morgan fingerprint density at radius 2 is 0.765 bits per heavy atom. The molecule has 0 saturated carbocycles. The molecule has 0 saturated heterocycles. The van der Waals surface area contributed by atoms with Gasteiger partial charge in [0.1, 0.15) is 0 Å². The zero-order chi connectivity index (χ0) is 23.9. The molecule has 0 aliphatic carbocycles. The molecule has 0 spiro atoms. The van der Waals surface area contributed by atoms with Crippen molar-refractivity contribution < 1.29 is 0 Å². The molecule has 0 unspecified atom stereocenters. The van der Waals surface area contributed by atoms with Gasteiger partial charge in [0.15, 0.2) is 0 Å². The summed E-state index contributed by atoms with van der Waals surface area (Å²) in [6, 6.07) is 33.7. The molecule has 0 aliphatic heterocycles. The van der Waals surface area contributed by atoms with E-state index in [-0.39, 0.29) is 0 Å². The second-order valence-electron chi connectivity index (χ2n) is 8.83. The highest BCUT2D eigenvalue weighted by Crippen LogP contribution is 2.27. The summed E-state index contributed by atoms with van der Waals surface area (Å²) in [5.41, 5.74) is 11.4. The minimum Gasteiger partial charge on any atom is -0.252 e. The smallest absolute Gasteiger partial charge is 0.0691 e. The molecule has 0 bridgehead atoms. The van der Waals surface area contributed by atoms with Gasteiger partial charge in [0.25, 0.3) is 0 Å². The van der Waals surface area contributed by atoms with Crippen molar-refractivity contribution in [3.63, 3.8) is 0 Å². The maximum atomic E-state index is 5.20. The zero-order valence-corrected chi connectivity index (χ0v) is 20.5. The van der Waals surface area contributed by atoms with E-state index in [0.29, 0.717) is 0 Å². The first-order valence-electron chi connectivity index (χ1n) is 11.9. The maximum absolute atomic E-state index is 5.20. The van der Waals surface area contributed by atoms with E-state index in [4.69, 9.17) is 9.98 Å². The molecule has 0 atom stereocenters. The van der Waals surface area contributed by atoms with Gasteiger partial charge in [-0.3, -0.25) is 9.98 Å². The molecule has 0 aromatic heterocycles. The van der Waals surface area contributed by atoms with E-state index >= 15 is 0 Å². The summed E-state index contributed by atoms with van der Waals surface area (Å²) in [7, 11) is 0. The number of aliphatic imine (C=N–C) groups is 2. The first kappa shape index (κ1) is 23.4. The molecule has 0 radical (unpaired) electrons. The third-order valence-corrected chi connectivity index (χ3v) is 6.19. The van der Waals surface area contributed by atoms with Crippen molar-refractivity contribution in [1.29, 1.82) is 0 Å². The van der Waals surface area contributed by atoms with Crippen LogP contribution in [0, 0.1) is 27.7 Å². The van der Waals surface area contributed by atoms with Crippen molar-refractivity contribution in [2.45, 2.75) is 40.5 Å². The van der Waals surface area contributed by atoms with Crippen LogP contribution >= 0.6 is 0 Å². The second-order valence-corrected chi connectivity index (χ2v) is 8.83. The van der Waals surface area contributed by atoms with Crippen molar-refractivity contribution in [3.8, 4) is 0 Å². The Labute approximate surface area is 203 Å². The molecule has 4 rings (SSSR count).